The van der Waals surface area contributed by atoms with Gasteiger partial charge in [0.1, 0.15) is 0 Å². The molecule has 0 aliphatic heterocycles. The molecular formula is C13H18O2. The molecule has 0 fully saturated rings. The molecular weight excluding hydrogens is 188 g/mol. The van der Waals surface area contributed by atoms with Gasteiger partial charge in [-0.05, 0) is 36.5 Å². The fourth-order valence-electron chi connectivity index (χ4n) is 2.30. The van der Waals surface area contributed by atoms with Crippen LogP contribution in [-0.4, -0.2) is 0 Å². The lowest BCUT2D eigenvalue weighted by Crippen LogP contribution is -2.01. The molecule has 0 radical (unpaired) electrons. The molecule has 0 saturated heterocycles. The Morgan fingerprint density at radius 2 is 1.73 bits per heavy atom. The molecule has 2 heteroatoms. The van der Waals surface area contributed by atoms with E-state index in [-0.39, 0.29) is 0 Å². The van der Waals surface area contributed by atoms with Crippen LogP contribution < -0.4 is 0 Å². The molecule has 1 aromatic carbocycles. The first-order chi connectivity index (χ1) is 7.31. The normalized spacial score (nSPS) is 11.4. The van der Waals surface area contributed by atoms with Crippen LogP contribution in [0.1, 0.15) is 43.9 Å². The standard InChI is InChI=1S/C13H18O2/c1-4-7-9-8-12-13(15-14-12)11(6-3)10(9)5-2/h8H,4-7H2,1-3H3. The zero-order valence-electron chi connectivity index (χ0n) is 9.72. The van der Waals surface area contributed by atoms with Gasteiger partial charge in [-0.2, -0.15) is 0 Å². The fourth-order valence-corrected chi connectivity index (χ4v) is 2.30. The molecule has 82 valence electrons. The number of hydrogen-bond donors (Lipinski definition) is 0. The van der Waals surface area contributed by atoms with Crippen molar-refractivity contribution in [2.24, 2.45) is 0 Å². The van der Waals surface area contributed by atoms with E-state index in [4.69, 9.17) is 9.15 Å². The lowest BCUT2D eigenvalue weighted by molar-refractivity contribution is 0.0579. The van der Waals surface area contributed by atoms with Crippen LogP contribution in [0.4, 0.5) is 0 Å². The molecule has 2 aromatic rings. The zero-order chi connectivity index (χ0) is 10.8. The van der Waals surface area contributed by atoms with Crippen molar-refractivity contribution in [2.45, 2.75) is 46.5 Å². The number of rotatable bonds is 4. The third kappa shape index (κ3) is 1.58. The highest BCUT2D eigenvalue weighted by Crippen LogP contribution is 2.30. The van der Waals surface area contributed by atoms with E-state index >= 15 is 0 Å². The first kappa shape index (κ1) is 10.3. The van der Waals surface area contributed by atoms with Crippen LogP contribution in [0.25, 0.3) is 11.2 Å². The average molecular weight is 206 g/mol. The first-order valence-electron chi connectivity index (χ1n) is 5.83. The number of hydrogen-bond acceptors (Lipinski definition) is 2. The van der Waals surface area contributed by atoms with Crippen molar-refractivity contribution >= 4 is 11.2 Å². The summed E-state index contributed by atoms with van der Waals surface area (Å²) in [4.78, 5) is 0. The number of fused-ring (bicyclic) bond motifs is 1. The van der Waals surface area contributed by atoms with Crippen LogP contribution in [0.15, 0.2) is 15.2 Å². The predicted molar refractivity (Wildman–Crippen MR) is 61.2 cm³/mol. The molecule has 0 aliphatic rings. The number of benzene rings is 1. The van der Waals surface area contributed by atoms with Crippen molar-refractivity contribution in [3.63, 3.8) is 0 Å². The van der Waals surface area contributed by atoms with Gasteiger partial charge >= 0.3 is 0 Å². The Balaban J connectivity index is 2.58. The van der Waals surface area contributed by atoms with Gasteiger partial charge in [0, 0.05) is 5.56 Å². The average Bonchev–Trinajstić information content (AvgIpc) is 2.21. The van der Waals surface area contributed by atoms with Crippen LogP contribution in [0, 0.1) is 0 Å². The maximum atomic E-state index is 5.07. The molecule has 0 saturated carbocycles. The summed E-state index contributed by atoms with van der Waals surface area (Å²) in [5.41, 5.74) is 6.12. The number of aryl methyl sites for hydroxylation is 2. The second-order valence-corrected chi connectivity index (χ2v) is 3.94. The van der Waals surface area contributed by atoms with Gasteiger partial charge in [-0.25, -0.2) is 0 Å². The van der Waals surface area contributed by atoms with E-state index in [9.17, 15) is 0 Å². The smallest absolute Gasteiger partial charge is 0.229 e. The summed E-state index contributed by atoms with van der Waals surface area (Å²) in [5.74, 6) is 0. The van der Waals surface area contributed by atoms with Gasteiger partial charge in [0.15, 0.2) is 0 Å². The van der Waals surface area contributed by atoms with Crippen LogP contribution in [-0.2, 0) is 19.3 Å². The SMILES string of the molecule is CCCc1cc2ooc2c(CC)c1CC. The van der Waals surface area contributed by atoms with Gasteiger partial charge in [0.25, 0.3) is 0 Å². The molecule has 2 nitrogen and oxygen atoms in total. The Morgan fingerprint density at radius 1 is 1.00 bits per heavy atom. The van der Waals surface area contributed by atoms with Crippen LogP contribution in [0.3, 0.4) is 0 Å². The molecule has 0 spiro atoms. The van der Waals surface area contributed by atoms with Crippen molar-refractivity contribution in [1.29, 1.82) is 0 Å². The molecule has 0 bridgehead atoms. The predicted octanol–water partition coefficient (Wildman–Crippen LogP) is 4.10. The maximum absolute atomic E-state index is 5.07. The zero-order valence-corrected chi connectivity index (χ0v) is 9.72. The van der Waals surface area contributed by atoms with Gasteiger partial charge in [-0.15, -0.1) is 0 Å². The van der Waals surface area contributed by atoms with E-state index in [1.165, 1.54) is 23.1 Å². The van der Waals surface area contributed by atoms with E-state index in [0.717, 1.165) is 30.4 Å². The lowest BCUT2D eigenvalue weighted by Gasteiger charge is -2.14. The van der Waals surface area contributed by atoms with Crippen LogP contribution in [0.2, 0.25) is 0 Å². The van der Waals surface area contributed by atoms with E-state index in [2.05, 4.69) is 26.8 Å². The summed E-state index contributed by atoms with van der Waals surface area (Å²) in [6.45, 7) is 6.59. The molecule has 0 atom stereocenters. The summed E-state index contributed by atoms with van der Waals surface area (Å²) in [5, 5.41) is 0. The van der Waals surface area contributed by atoms with Gasteiger partial charge < -0.3 is 0 Å². The molecule has 1 aromatic heterocycles. The van der Waals surface area contributed by atoms with E-state index in [1.807, 2.05) is 0 Å². The summed E-state index contributed by atoms with van der Waals surface area (Å²) in [7, 11) is 0. The van der Waals surface area contributed by atoms with Crippen molar-refractivity contribution < 1.29 is 9.15 Å². The lowest BCUT2D eigenvalue weighted by atomic mass is 9.93. The Kier molecular flexibility index (Phi) is 2.85. The van der Waals surface area contributed by atoms with Crippen molar-refractivity contribution in [3.8, 4) is 0 Å². The maximum Gasteiger partial charge on any atom is 0.229 e. The Bertz CT molecular complexity index is 448. The summed E-state index contributed by atoms with van der Waals surface area (Å²) >= 11 is 0. The summed E-state index contributed by atoms with van der Waals surface area (Å²) < 4.78 is 10.1. The minimum Gasteiger partial charge on any atom is -0.286 e. The minimum absolute atomic E-state index is 0.924. The van der Waals surface area contributed by atoms with E-state index < -0.39 is 0 Å². The Labute approximate surface area is 90.2 Å². The van der Waals surface area contributed by atoms with E-state index in [1.54, 1.807) is 0 Å². The molecule has 15 heavy (non-hydrogen) atoms. The minimum atomic E-state index is 0.924. The van der Waals surface area contributed by atoms with Gasteiger partial charge in [-0.3, -0.25) is 9.15 Å². The molecule has 0 aliphatic carbocycles. The Morgan fingerprint density at radius 3 is 2.20 bits per heavy atom. The second kappa shape index (κ2) is 4.13. The van der Waals surface area contributed by atoms with Gasteiger partial charge in [0.05, 0.1) is 0 Å². The highest BCUT2D eigenvalue weighted by atomic mass is 17.0. The van der Waals surface area contributed by atoms with Crippen molar-refractivity contribution in [3.05, 3.63) is 22.8 Å². The largest absolute Gasteiger partial charge is 0.286 e. The highest BCUT2D eigenvalue weighted by molar-refractivity contribution is 5.77. The van der Waals surface area contributed by atoms with Gasteiger partial charge in [0.2, 0.25) is 11.2 Å². The monoisotopic (exact) mass is 206 g/mol. The second-order valence-electron chi connectivity index (χ2n) is 3.94. The topological polar surface area (TPSA) is 26.3 Å². The molecule has 0 N–H and O–H groups in total. The van der Waals surface area contributed by atoms with Gasteiger partial charge in [-0.1, -0.05) is 27.2 Å². The van der Waals surface area contributed by atoms with Crippen LogP contribution in [0.5, 0.6) is 0 Å². The molecule has 0 unspecified atom stereocenters. The third-order valence-corrected chi connectivity index (χ3v) is 3.00. The molecule has 2 rings (SSSR count). The molecule has 0 amide bonds. The quantitative estimate of drug-likeness (QED) is 0.704. The highest BCUT2D eigenvalue weighted by Gasteiger charge is 2.16. The summed E-state index contributed by atoms with van der Waals surface area (Å²) in [6, 6.07) is 2.14. The summed E-state index contributed by atoms with van der Waals surface area (Å²) in [6.07, 6.45) is 4.41. The van der Waals surface area contributed by atoms with Crippen molar-refractivity contribution in [2.75, 3.05) is 0 Å². The Hall–Kier alpha value is -1.18. The van der Waals surface area contributed by atoms with E-state index in [0.29, 0.717) is 0 Å². The van der Waals surface area contributed by atoms with Crippen molar-refractivity contribution in [1.82, 2.24) is 0 Å². The first-order valence-corrected chi connectivity index (χ1v) is 5.83. The van der Waals surface area contributed by atoms with Crippen LogP contribution >= 0.6 is 0 Å². The third-order valence-electron chi connectivity index (χ3n) is 3.00. The fraction of sp³-hybridized carbons (Fsp3) is 0.538. The molecule has 1 heterocycles.